The predicted octanol–water partition coefficient (Wildman–Crippen LogP) is 9.19. The van der Waals surface area contributed by atoms with Crippen LogP contribution in [0.25, 0.3) is 0 Å². The van der Waals surface area contributed by atoms with Crippen LogP contribution in [0.3, 0.4) is 0 Å². The molecule has 1 aliphatic heterocycles. The molecule has 0 N–H and O–H groups in total. The van der Waals surface area contributed by atoms with E-state index >= 15 is 0 Å². The monoisotopic (exact) mass is 1720 g/mol. The van der Waals surface area contributed by atoms with Crippen LogP contribution in [0.1, 0.15) is 119 Å². The minimum absolute atomic E-state index is 0.0542. The number of ether oxygens (including phenoxy) is 4. The van der Waals surface area contributed by atoms with Gasteiger partial charge >= 0.3 is 23.9 Å². The molecule has 0 radical (unpaired) electrons. The number of halogens is 3. The second kappa shape index (κ2) is 29.4. The summed E-state index contributed by atoms with van der Waals surface area (Å²) < 4.78 is 186. The van der Waals surface area contributed by atoms with Crippen molar-refractivity contribution in [3.8, 4) is 0 Å². The Labute approximate surface area is 583 Å². The van der Waals surface area contributed by atoms with Crippen LogP contribution in [-0.2, 0) is 74.3 Å². The van der Waals surface area contributed by atoms with Gasteiger partial charge in [-0.1, -0.05) is 30.3 Å². The molecule has 6 aliphatic carbocycles. The maximum Gasteiger partial charge on any atom is 0.338 e. The van der Waals surface area contributed by atoms with Crippen LogP contribution >= 0.6 is 67.8 Å². The summed E-state index contributed by atoms with van der Waals surface area (Å²) in [5.41, 5.74) is 0.556. The van der Waals surface area contributed by atoms with Gasteiger partial charge < -0.3 is 41.7 Å². The lowest BCUT2D eigenvalue weighted by molar-refractivity contribution is -0.146. The maximum atomic E-state index is 12.4. The van der Waals surface area contributed by atoms with E-state index in [1.165, 1.54) is 79.9 Å². The molecule has 32 heteroatoms. The van der Waals surface area contributed by atoms with Gasteiger partial charge in [-0.05, 0) is 267 Å². The van der Waals surface area contributed by atoms with Crippen LogP contribution in [0, 0.1) is 46.2 Å². The molecule has 6 bridgehead atoms. The van der Waals surface area contributed by atoms with Crippen LogP contribution in [-0.4, -0.2) is 118 Å². The van der Waals surface area contributed by atoms with Gasteiger partial charge in [-0.2, -0.15) is 0 Å². The highest BCUT2D eigenvalue weighted by molar-refractivity contribution is 14.1. The zero-order chi connectivity index (χ0) is 69.3. The summed E-state index contributed by atoms with van der Waals surface area (Å²) in [6, 6.07) is 31.2. The summed E-state index contributed by atoms with van der Waals surface area (Å²) in [5, 5.41) is 0. The highest BCUT2D eigenvalue weighted by atomic mass is 127. The van der Waals surface area contributed by atoms with Gasteiger partial charge in [-0.25, -0.2) is 56.5 Å². The first-order chi connectivity index (χ1) is 43.6. The fourth-order valence-electron chi connectivity index (χ4n) is 12.6. The largest absolute Gasteiger partial charge is 0.744 e. The topological polar surface area (TPSA) is 408 Å². The molecule has 6 aromatic rings. The molecule has 5 atom stereocenters. The molecule has 504 valence electrons. The highest BCUT2D eigenvalue weighted by Gasteiger charge is 2.63. The Balaban J connectivity index is 0.000000153. The van der Waals surface area contributed by atoms with E-state index in [2.05, 4.69) is 22.6 Å². The molecular weight excluding hydrogens is 1670 g/mol. The van der Waals surface area contributed by atoms with Crippen LogP contribution in [0.5, 0.6) is 0 Å². The molecule has 94 heavy (non-hydrogen) atoms. The van der Waals surface area contributed by atoms with Crippen molar-refractivity contribution in [1.82, 2.24) is 0 Å². The lowest BCUT2D eigenvalue weighted by atomic mass is 9.54. The molecule has 0 spiro atoms. The average Bonchev–Trinajstić information content (AvgIpc) is 1.49. The zero-order valence-electron chi connectivity index (χ0n) is 49.5. The summed E-state index contributed by atoms with van der Waals surface area (Å²) in [4.78, 5) is 58.3. The fraction of sp³-hybridized carbons (Fsp3) is 0.339. The number of fused-ring (bicyclic) bond motifs is 1. The molecule has 5 unspecified atom stereocenters. The number of carbonyl (C=O) groups is 5. The van der Waals surface area contributed by atoms with Crippen LogP contribution < -0.4 is 0 Å². The van der Waals surface area contributed by atoms with E-state index < -0.39 is 85.1 Å². The second-order valence-corrected chi connectivity index (χ2v) is 34.4. The normalized spacial score (nSPS) is 23.0. The summed E-state index contributed by atoms with van der Waals surface area (Å²) in [7, 11) is -22.3. The van der Waals surface area contributed by atoms with E-state index in [-0.39, 0.29) is 71.9 Å². The van der Waals surface area contributed by atoms with Crippen molar-refractivity contribution < 1.29 is 108 Å². The third kappa shape index (κ3) is 19.2. The van der Waals surface area contributed by atoms with Gasteiger partial charge in [-0.3, -0.25) is 9.59 Å². The van der Waals surface area contributed by atoms with Crippen LogP contribution in [0.4, 0.5) is 0 Å². The Hall–Kier alpha value is -5.39. The Morgan fingerprint density at radius 3 is 1.24 bits per heavy atom. The third-order valence-corrected chi connectivity index (χ3v) is 23.5. The smallest absolute Gasteiger partial charge is 0.338 e. The molecule has 1 heterocycles. The highest BCUT2D eigenvalue weighted by Crippen LogP contribution is 2.58. The quantitative estimate of drug-likeness (QED) is 0.0362. The predicted molar refractivity (Wildman–Crippen MR) is 350 cm³/mol. The van der Waals surface area contributed by atoms with Gasteiger partial charge in [0.05, 0.1) is 47.1 Å². The van der Waals surface area contributed by atoms with Gasteiger partial charge in [0, 0.05) is 33.7 Å². The maximum absolute atomic E-state index is 12.4. The second-order valence-electron chi connectivity index (χ2n) is 24.0. The molecular formula is C62H56I3O24S5-5. The van der Waals surface area contributed by atoms with Crippen molar-refractivity contribution in [3.05, 3.63) is 178 Å². The third-order valence-electron chi connectivity index (χ3n) is 16.1. The number of benzene rings is 6. The Bertz CT molecular complexity index is 4390. The summed E-state index contributed by atoms with van der Waals surface area (Å²) in [6.07, 6.45) is 7.38. The minimum Gasteiger partial charge on any atom is -0.744 e. The van der Waals surface area contributed by atoms with Crippen molar-refractivity contribution in [3.63, 3.8) is 0 Å². The Morgan fingerprint density at radius 1 is 0.489 bits per heavy atom. The molecule has 6 aromatic carbocycles. The standard InChI is InChI=1S/C17H20O5S.C15H14O7S.C13H10O4S.C11H14O5S.C6H3I3O3S/c18-16(14-1-3-15(4-2-14)23(19,20)21)22-17-8-11-5-12(9-17)7-13(6-11)10-17;16-14(7-1-3-9(4-2-7)23(18,19)20)21-12-8-5-10-11(6-8)15(17)22-13(10)12;14-13(10-4-2-1-3-5-10)11-6-8-12(9-7-11)18(15,16)17;1-11(2,3)16-10(12)8-4-6-9(7-5-8)17(13,14)15;7-3-1-4(8)6(5(9)2-3)13(10,11)12/h1-4,11-13H,5-10H2,(H,19,20,21);1-4,8,10-13H,5-6H2,(H,18,19,20);1-9H,(H,15,16,17);4-7H,1-3H3,(H,13,14,15);1-2H,(H,10,11,12)/p-5. The molecule has 24 nitrogen and oxygen atoms in total. The molecule has 13 rings (SSSR count). The zero-order valence-corrected chi connectivity index (χ0v) is 60.1. The first-order valence-corrected chi connectivity index (χ1v) is 38.7. The number of ketones is 1. The number of esters is 4. The summed E-state index contributed by atoms with van der Waals surface area (Å²) in [6.45, 7) is 5.17. The van der Waals surface area contributed by atoms with Crippen LogP contribution in [0.15, 0.2) is 164 Å². The first kappa shape index (κ1) is 74.4. The van der Waals surface area contributed by atoms with Crippen LogP contribution in [0.2, 0.25) is 0 Å². The fourth-order valence-corrected chi connectivity index (χ4v) is 20.2. The van der Waals surface area contributed by atoms with E-state index in [0.29, 0.717) is 48.0 Å². The molecule has 7 fully saturated rings. The van der Waals surface area contributed by atoms with E-state index in [0.717, 1.165) is 65.7 Å². The Kier molecular flexibility index (Phi) is 23.2. The average molecular weight is 1730 g/mol. The molecule has 0 amide bonds. The lowest BCUT2D eigenvalue weighted by Crippen LogP contribution is -2.52. The van der Waals surface area contributed by atoms with Gasteiger partial charge in [-0.15, -0.1) is 0 Å². The molecule has 0 aromatic heterocycles. The van der Waals surface area contributed by atoms with Crippen molar-refractivity contribution in [2.45, 2.75) is 120 Å². The van der Waals surface area contributed by atoms with Gasteiger partial charge in [0.1, 0.15) is 74.0 Å². The van der Waals surface area contributed by atoms with E-state index in [1.807, 2.05) is 45.2 Å². The van der Waals surface area contributed by atoms with E-state index in [4.69, 9.17) is 18.9 Å². The number of hydrogen-bond acceptors (Lipinski definition) is 24. The lowest BCUT2D eigenvalue weighted by Gasteiger charge is -2.55. The first-order valence-electron chi connectivity index (χ1n) is 28.4. The van der Waals surface area contributed by atoms with E-state index in [1.54, 1.807) is 63.2 Å². The number of rotatable bonds is 12. The summed E-state index contributed by atoms with van der Waals surface area (Å²) >= 11 is 5.77. The SMILES string of the molecule is CC(C)(C)OC(=O)c1ccc(S(=O)(=O)[O-])cc1.O=C(OC12CC3CC(CC(C3)C1)C2)c1ccc(S(=O)(=O)[O-])cc1.O=C(OC1C2CC3C(=O)OC1C3C2)c1ccc(S(=O)(=O)[O-])cc1.O=C(c1ccccc1)c1ccc(S(=O)(=O)[O-])cc1.O=S(=O)([O-])c1c(I)cc(I)cc1I. The molecule has 6 saturated carbocycles. The van der Waals surface area contributed by atoms with Gasteiger partial charge in [0.2, 0.25) is 0 Å². The van der Waals surface area contributed by atoms with Gasteiger partial charge in [0.25, 0.3) is 0 Å². The van der Waals surface area contributed by atoms with Crippen molar-refractivity contribution in [1.29, 1.82) is 0 Å². The molecule has 7 aliphatic rings. The van der Waals surface area contributed by atoms with Crippen molar-refractivity contribution >= 4 is 148 Å². The van der Waals surface area contributed by atoms with Crippen molar-refractivity contribution in [2.75, 3.05) is 0 Å². The molecule has 1 saturated heterocycles. The number of hydrogen-bond donors (Lipinski definition) is 0. The van der Waals surface area contributed by atoms with E-state index in [9.17, 15) is 88.8 Å². The minimum atomic E-state index is -4.55. The van der Waals surface area contributed by atoms with Gasteiger partial charge in [0.15, 0.2) is 5.78 Å². The number of carbonyl (C=O) groups excluding carboxylic acids is 5. The van der Waals surface area contributed by atoms with Crippen molar-refractivity contribution in [2.24, 2.45) is 35.5 Å². The Morgan fingerprint density at radius 2 is 0.862 bits per heavy atom. The summed E-state index contributed by atoms with van der Waals surface area (Å²) in [5.74, 6) is 0.250.